The molecule has 25 heavy (non-hydrogen) atoms. The number of aliphatic hydroxyl groups excluding tert-OH is 1. The van der Waals surface area contributed by atoms with Gasteiger partial charge in [-0.3, -0.25) is 9.58 Å². The first-order valence-corrected chi connectivity index (χ1v) is 8.92. The van der Waals surface area contributed by atoms with Gasteiger partial charge in [0, 0.05) is 31.4 Å². The number of aromatic nitrogens is 2. The third-order valence-corrected chi connectivity index (χ3v) is 4.50. The fraction of sp³-hybridized carbons (Fsp3) is 0.526. The molecule has 0 saturated carbocycles. The molecule has 0 radical (unpaired) electrons. The molecule has 6 heteroatoms. The number of aliphatic hydroxyl groups is 1. The van der Waals surface area contributed by atoms with Crippen molar-refractivity contribution in [3.8, 4) is 11.5 Å². The molecule has 1 N–H and O–H groups in total. The van der Waals surface area contributed by atoms with Gasteiger partial charge in [-0.05, 0) is 50.6 Å². The van der Waals surface area contributed by atoms with Gasteiger partial charge in [0.2, 0.25) is 0 Å². The summed E-state index contributed by atoms with van der Waals surface area (Å²) < 4.78 is 13.0. The molecule has 0 unspecified atom stereocenters. The van der Waals surface area contributed by atoms with Crippen molar-refractivity contribution in [1.29, 1.82) is 0 Å². The van der Waals surface area contributed by atoms with Crippen molar-refractivity contribution >= 4 is 0 Å². The Morgan fingerprint density at radius 1 is 1.24 bits per heavy atom. The Kier molecular flexibility index (Phi) is 5.94. The van der Waals surface area contributed by atoms with Gasteiger partial charge in [-0.15, -0.1) is 0 Å². The highest BCUT2D eigenvalue weighted by atomic mass is 16.5. The topological polar surface area (TPSA) is 59.8 Å². The van der Waals surface area contributed by atoms with E-state index in [0.717, 1.165) is 30.9 Å². The predicted octanol–water partition coefficient (Wildman–Crippen LogP) is 2.40. The molecule has 0 spiro atoms. The van der Waals surface area contributed by atoms with Crippen molar-refractivity contribution < 1.29 is 14.6 Å². The van der Waals surface area contributed by atoms with E-state index in [1.165, 1.54) is 5.56 Å². The van der Waals surface area contributed by atoms with E-state index in [0.29, 0.717) is 19.2 Å². The van der Waals surface area contributed by atoms with Crippen LogP contribution >= 0.6 is 0 Å². The van der Waals surface area contributed by atoms with Crippen LogP contribution in [0.25, 0.3) is 0 Å². The van der Waals surface area contributed by atoms with Crippen LogP contribution in [0.15, 0.2) is 36.7 Å². The SMILES string of the molecule is CCOc1ccc(OC[C@H](O)CN2CCC[C@H]2c2cnn(C)c2)cc1. The van der Waals surface area contributed by atoms with Gasteiger partial charge in [0.05, 0.1) is 12.8 Å². The third kappa shape index (κ3) is 4.74. The van der Waals surface area contributed by atoms with Gasteiger partial charge >= 0.3 is 0 Å². The molecule has 1 aliphatic heterocycles. The van der Waals surface area contributed by atoms with Gasteiger partial charge in [0.15, 0.2) is 0 Å². The molecule has 3 rings (SSSR count). The van der Waals surface area contributed by atoms with Crippen molar-refractivity contribution in [2.24, 2.45) is 7.05 Å². The molecule has 0 bridgehead atoms. The lowest BCUT2D eigenvalue weighted by Gasteiger charge is -2.26. The second-order valence-corrected chi connectivity index (χ2v) is 6.47. The Labute approximate surface area is 149 Å². The highest BCUT2D eigenvalue weighted by molar-refractivity contribution is 5.31. The Hall–Kier alpha value is -2.05. The van der Waals surface area contributed by atoms with E-state index in [1.54, 1.807) is 0 Å². The summed E-state index contributed by atoms with van der Waals surface area (Å²) in [5.41, 5.74) is 1.22. The Bertz CT molecular complexity index is 656. The normalized spacial score (nSPS) is 19.1. The quantitative estimate of drug-likeness (QED) is 0.796. The minimum absolute atomic E-state index is 0.282. The number of ether oxygens (including phenoxy) is 2. The van der Waals surface area contributed by atoms with Crippen LogP contribution in [0.4, 0.5) is 0 Å². The van der Waals surface area contributed by atoms with Crippen LogP contribution in [-0.4, -0.2) is 52.2 Å². The molecule has 1 saturated heterocycles. The van der Waals surface area contributed by atoms with Gasteiger partial charge in [-0.1, -0.05) is 0 Å². The molecule has 136 valence electrons. The van der Waals surface area contributed by atoms with Gasteiger partial charge in [0.25, 0.3) is 0 Å². The van der Waals surface area contributed by atoms with Crippen LogP contribution in [0.1, 0.15) is 31.4 Å². The highest BCUT2D eigenvalue weighted by Gasteiger charge is 2.28. The summed E-state index contributed by atoms with van der Waals surface area (Å²) in [5.74, 6) is 1.57. The predicted molar refractivity (Wildman–Crippen MR) is 95.9 cm³/mol. The number of aryl methyl sites for hydroxylation is 1. The van der Waals surface area contributed by atoms with Crippen molar-refractivity contribution in [2.45, 2.75) is 31.9 Å². The first-order chi connectivity index (χ1) is 12.2. The zero-order valence-corrected chi connectivity index (χ0v) is 15.0. The van der Waals surface area contributed by atoms with Crippen molar-refractivity contribution in [2.75, 3.05) is 26.3 Å². The minimum atomic E-state index is -0.524. The lowest BCUT2D eigenvalue weighted by Crippen LogP contribution is -2.35. The standard InChI is InChI=1S/C19H27N3O3/c1-3-24-17-6-8-18(9-7-17)25-14-16(23)13-22-10-4-5-19(22)15-11-20-21(2)12-15/h6-9,11-12,16,19,23H,3-5,10,13-14H2,1-2H3/t16-,19+/m1/s1. The van der Waals surface area contributed by atoms with Gasteiger partial charge < -0.3 is 14.6 Å². The highest BCUT2D eigenvalue weighted by Crippen LogP contribution is 2.31. The molecule has 2 atom stereocenters. The zero-order valence-electron chi connectivity index (χ0n) is 15.0. The van der Waals surface area contributed by atoms with Gasteiger partial charge in [-0.25, -0.2) is 0 Å². The third-order valence-electron chi connectivity index (χ3n) is 4.50. The summed E-state index contributed by atoms with van der Waals surface area (Å²) in [5, 5.41) is 14.6. The van der Waals surface area contributed by atoms with E-state index in [-0.39, 0.29) is 6.61 Å². The number of rotatable bonds is 8. The molecule has 6 nitrogen and oxygen atoms in total. The summed E-state index contributed by atoms with van der Waals surface area (Å²) in [6.45, 7) is 4.49. The van der Waals surface area contributed by atoms with E-state index in [4.69, 9.17) is 9.47 Å². The molecule has 0 amide bonds. The second-order valence-electron chi connectivity index (χ2n) is 6.47. The maximum absolute atomic E-state index is 10.4. The second kappa shape index (κ2) is 8.36. The lowest BCUT2D eigenvalue weighted by atomic mass is 10.1. The molecule has 2 heterocycles. The molecule has 1 aliphatic rings. The molecule has 2 aromatic rings. The fourth-order valence-corrected chi connectivity index (χ4v) is 3.35. The maximum Gasteiger partial charge on any atom is 0.119 e. The van der Waals surface area contributed by atoms with E-state index >= 15 is 0 Å². The van der Waals surface area contributed by atoms with Crippen LogP contribution < -0.4 is 9.47 Å². The fourth-order valence-electron chi connectivity index (χ4n) is 3.35. The summed E-state index contributed by atoms with van der Waals surface area (Å²) >= 11 is 0. The lowest BCUT2D eigenvalue weighted by molar-refractivity contribution is 0.0638. The summed E-state index contributed by atoms with van der Waals surface area (Å²) in [6, 6.07) is 7.83. The van der Waals surface area contributed by atoms with E-state index in [1.807, 2.05) is 49.1 Å². The monoisotopic (exact) mass is 345 g/mol. The van der Waals surface area contributed by atoms with Gasteiger partial charge in [-0.2, -0.15) is 5.10 Å². The van der Waals surface area contributed by atoms with Crippen LogP contribution in [0.3, 0.4) is 0 Å². The van der Waals surface area contributed by atoms with Crippen molar-refractivity contribution in [1.82, 2.24) is 14.7 Å². The van der Waals surface area contributed by atoms with Gasteiger partial charge in [0.1, 0.15) is 24.2 Å². The number of hydrogen-bond donors (Lipinski definition) is 1. The smallest absolute Gasteiger partial charge is 0.119 e. The van der Waals surface area contributed by atoms with Crippen molar-refractivity contribution in [3.05, 3.63) is 42.2 Å². The number of benzene rings is 1. The number of hydrogen-bond acceptors (Lipinski definition) is 5. The van der Waals surface area contributed by atoms with Crippen LogP contribution in [0.5, 0.6) is 11.5 Å². The summed E-state index contributed by atoms with van der Waals surface area (Å²) in [4.78, 5) is 2.32. The summed E-state index contributed by atoms with van der Waals surface area (Å²) in [6.07, 6.45) is 5.71. The van der Waals surface area contributed by atoms with Crippen molar-refractivity contribution in [3.63, 3.8) is 0 Å². The van der Waals surface area contributed by atoms with Crippen LogP contribution in [-0.2, 0) is 7.05 Å². The maximum atomic E-state index is 10.4. The van der Waals surface area contributed by atoms with E-state index in [9.17, 15) is 5.11 Å². The van der Waals surface area contributed by atoms with E-state index in [2.05, 4.69) is 16.2 Å². The molecular weight excluding hydrogens is 318 g/mol. The number of nitrogens with zero attached hydrogens (tertiary/aromatic N) is 3. The molecular formula is C19H27N3O3. The van der Waals surface area contributed by atoms with E-state index < -0.39 is 6.10 Å². The molecule has 1 aromatic carbocycles. The first-order valence-electron chi connectivity index (χ1n) is 8.92. The Morgan fingerprint density at radius 3 is 2.60 bits per heavy atom. The summed E-state index contributed by atoms with van der Waals surface area (Å²) in [7, 11) is 1.93. The average molecular weight is 345 g/mol. The van der Waals surface area contributed by atoms with Crippen LogP contribution in [0.2, 0.25) is 0 Å². The largest absolute Gasteiger partial charge is 0.494 e. The zero-order chi connectivity index (χ0) is 17.6. The Balaban J connectivity index is 1.49. The molecule has 0 aliphatic carbocycles. The van der Waals surface area contributed by atoms with Crippen LogP contribution in [0, 0.1) is 0 Å². The first kappa shape index (κ1) is 17.8. The minimum Gasteiger partial charge on any atom is -0.494 e. The number of β-amino-alcohol motifs (C(OH)–C–C–N with tert-alkyl or cyclic N) is 1. The average Bonchev–Trinajstić information content (AvgIpc) is 3.23. The molecule has 1 fully saturated rings. The molecule has 1 aromatic heterocycles. The Morgan fingerprint density at radius 2 is 1.96 bits per heavy atom. The number of likely N-dealkylation sites (tertiary alicyclic amines) is 1.